The minimum absolute atomic E-state index is 1.05. The average molecular weight is 238 g/mol. The molecule has 1 rings (SSSR count). The van der Waals surface area contributed by atoms with Gasteiger partial charge in [0.1, 0.15) is 0 Å². The van der Waals surface area contributed by atoms with E-state index in [0.717, 1.165) is 8.95 Å². The van der Waals surface area contributed by atoms with Crippen LogP contribution in [0, 0.1) is 0 Å². The molecule has 0 unspecified atom stereocenters. The molecule has 1 N–H and O–H groups in total. The Morgan fingerprint density at radius 3 is 1.88 bits per heavy atom. The monoisotopic (exact) mass is 236 g/mol. The van der Waals surface area contributed by atoms with Crippen LogP contribution >= 0.6 is 31.9 Å². The number of hydrogen-bond donors (Lipinski definition) is 0. The van der Waals surface area contributed by atoms with E-state index in [1.54, 1.807) is 0 Å². The van der Waals surface area contributed by atoms with Crippen LogP contribution in [0.3, 0.4) is 0 Å². The minimum Gasteiger partial charge on any atom is -0.216 e. The third-order valence-electron chi connectivity index (χ3n) is 0.718. The molecule has 1 nitrogen and oxygen atoms in total. The molecule has 0 bridgehead atoms. The highest BCUT2D eigenvalue weighted by molar-refractivity contribution is 9.11. The Labute approximate surface area is 64.4 Å². The fraction of sp³-hybridized carbons (Fsp3) is 0. The van der Waals surface area contributed by atoms with Gasteiger partial charge in [0, 0.05) is 0 Å². The van der Waals surface area contributed by atoms with Gasteiger partial charge in [0.05, 0.1) is 8.95 Å². The smallest absolute Gasteiger partial charge is 0.181 e. The van der Waals surface area contributed by atoms with Gasteiger partial charge >= 0.3 is 0 Å². The maximum atomic E-state index is 3.30. The number of halogens is 2. The second kappa shape index (κ2) is 2.60. The first-order valence-corrected chi connectivity index (χ1v) is 3.70. The molecular formula is C5H4Br2N+. The van der Waals surface area contributed by atoms with Crippen LogP contribution in [0.1, 0.15) is 0 Å². The van der Waals surface area contributed by atoms with E-state index in [1.165, 1.54) is 0 Å². The highest BCUT2D eigenvalue weighted by atomic mass is 79.9. The number of H-pyrrole nitrogens is 1. The molecule has 8 heavy (non-hydrogen) atoms. The number of aromatic nitrogens is 1. The summed E-state index contributed by atoms with van der Waals surface area (Å²) in [6.45, 7) is 0. The van der Waals surface area contributed by atoms with Gasteiger partial charge in [-0.2, -0.15) is 0 Å². The van der Waals surface area contributed by atoms with Crippen molar-refractivity contribution in [3.63, 3.8) is 0 Å². The highest BCUT2D eigenvalue weighted by Crippen LogP contribution is 2.11. The third kappa shape index (κ3) is 1.56. The number of pyridine rings is 1. The first-order valence-electron chi connectivity index (χ1n) is 2.11. The van der Waals surface area contributed by atoms with E-state index in [9.17, 15) is 0 Å². The lowest BCUT2D eigenvalue weighted by molar-refractivity contribution is -0.379. The Morgan fingerprint density at radius 1 is 1.12 bits per heavy atom. The van der Waals surface area contributed by atoms with E-state index in [-0.39, 0.29) is 0 Å². The summed E-state index contributed by atoms with van der Waals surface area (Å²) in [5.41, 5.74) is 0. The van der Waals surface area contributed by atoms with Gasteiger partial charge in [0.2, 0.25) is 0 Å². The van der Waals surface area contributed by atoms with Crippen molar-refractivity contribution in [3.05, 3.63) is 27.4 Å². The maximum Gasteiger partial charge on any atom is 0.181 e. The Bertz CT molecular complexity index is 170. The van der Waals surface area contributed by atoms with Crippen molar-refractivity contribution >= 4 is 31.9 Å². The number of nitrogens with one attached hydrogen (secondary N) is 1. The van der Waals surface area contributed by atoms with Crippen LogP contribution in [0.25, 0.3) is 0 Å². The maximum absolute atomic E-state index is 3.30. The zero-order valence-corrected chi connectivity index (χ0v) is 7.16. The van der Waals surface area contributed by atoms with Crippen molar-refractivity contribution in [3.8, 4) is 0 Å². The molecule has 0 aliphatic rings. The molecule has 1 aromatic heterocycles. The predicted molar refractivity (Wildman–Crippen MR) is 38.4 cm³/mol. The van der Waals surface area contributed by atoms with Crippen molar-refractivity contribution in [2.75, 3.05) is 0 Å². The summed E-state index contributed by atoms with van der Waals surface area (Å²) in [6, 6.07) is 1.97. The molecule has 0 amide bonds. The Kier molecular flexibility index (Phi) is 2.02. The van der Waals surface area contributed by atoms with Crippen molar-refractivity contribution in [1.82, 2.24) is 0 Å². The van der Waals surface area contributed by atoms with E-state index in [4.69, 9.17) is 0 Å². The Balaban J connectivity index is 3.08. The quantitative estimate of drug-likeness (QED) is 0.656. The van der Waals surface area contributed by atoms with Crippen LogP contribution in [0.2, 0.25) is 0 Å². The molecule has 0 fully saturated rings. The molecule has 0 saturated carbocycles. The second-order valence-electron chi connectivity index (χ2n) is 1.37. The van der Waals surface area contributed by atoms with E-state index in [1.807, 2.05) is 18.5 Å². The van der Waals surface area contributed by atoms with E-state index >= 15 is 0 Å². The molecule has 0 radical (unpaired) electrons. The summed E-state index contributed by atoms with van der Waals surface area (Å²) in [7, 11) is 0. The summed E-state index contributed by atoms with van der Waals surface area (Å²) in [5, 5.41) is 0. The van der Waals surface area contributed by atoms with Crippen LogP contribution in [0.15, 0.2) is 27.4 Å². The standard InChI is InChI=1S/C5H3Br2N/c6-4-1-5(7)3-8-2-4/h1-3H/p+1. The molecule has 3 heteroatoms. The SMILES string of the molecule is Brc1c[nH+]cc(Br)c1. The lowest BCUT2D eigenvalue weighted by Crippen LogP contribution is -1.97. The lowest BCUT2D eigenvalue weighted by atomic mass is 10.5. The van der Waals surface area contributed by atoms with Gasteiger partial charge in [-0.25, -0.2) is 4.98 Å². The summed E-state index contributed by atoms with van der Waals surface area (Å²) >= 11 is 6.60. The molecule has 0 atom stereocenters. The minimum atomic E-state index is 1.05. The first-order chi connectivity index (χ1) is 3.79. The summed E-state index contributed by atoms with van der Waals surface area (Å²) in [4.78, 5) is 2.94. The van der Waals surface area contributed by atoms with Gasteiger partial charge in [0.25, 0.3) is 0 Å². The Hall–Kier alpha value is 0.110. The van der Waals surface area contributed by atoms with E-state index in [0.29, 0.717) is 0 Å². The normalized spacial score (nSPS) is 9.25. The second-order valence-corrected chi connectivity index (χ2v) is 3.20. The molecule has 0 aliphatic carbocycles. The van der Waals surface area contributed by atoms with Gasteiger partial charge in [-0.3, -0.25) is 0 Å². The van der Waals surface area contributed by atoms with Crippen molar-refractivity contribution in [2.24, 2.45) is 0 Å². The first kappa shape index (κ1) is 6.23. The molecule has 0 aromatic carbocycles. The molecule has 0 aliphatic heterocycles. The van der Waals surface area contributed by atoms with Crippen LogP contribution in [0.4, 0.5) is 0 Å². The topological polar surface area (TPSA) is 14.1 Å². The van der Waals surface area contributed by atoms with Crippen LogP contribution in [-0.2, 0) is 0 Å². The summed E-state index contributed by atoms with van der Waals surface area (Å²) in [5.74, 6) is 0. The van der Waals surface area contributed by atoms with Gasteiger partial charge in [0.15, 0.2) is 12.4 Å². The van der Waals surface area contributed by atoms with Crippen molar-refractivity contribution in [1.29, 1.82) is 0 Å². The third-order valence-corrected chi connectivity index (χ3v) is 1.63. The number of hydrogen-bond acceptors (Lipinski definition) is 0. The zero-order valence-electron chi connectivity index (χ0n) is 3.99. The average Bonchev–Trinajstić information content (AvgIpc) is 1.64. The number of rotatable bonds is 0. The zero-order chi connectivity index (χ0) is 5.98. The molecule has 1 heterocycles. The van der Waals surface area contributed by atoms with Crippen LogP contribution < -0.4 is 4.98 Å². The number of aromatic amines is 1. The van der Waals surface area contributed by atoms with Crippen LogP contribution in [-0.4, -0.2) is 0 Å². The van der Waals surface area contributed by atoms with Gasteiger partial charge in [-0.05, 0) is 37.9 Å². The van der Waals surface area contributed by atoms with Crippen molar-refractivity contribution < 1.29 is 4.98 Å². The predicted octanol–water partition coefficient (Wildman–Crippen LogP) is 2.03. The van der Waals surface area contributed by atoms with Crippen LogP contribution in [0.5, 0.6) is 0 Å². The Morgan fingerprint density at radius 2 is 1.62 bits per heavy atom. The van der Waals surface area contributed by atoms with Gasteiger partial charge < -0.3 is 0 Å². The van der Waals surface area contributed by atoms with Crippen molar-refractivity contribution in [2.45, 2.75) is 0 Å². The van der Waals surface area contributed by atoms with E-state index in [2.05, 4.69) is 36.8 Å². The molecule has 42 valence electrons. The molecule has 1 aromatic rings. The largest absolute Gasteiger partial charge is 0.216 e. The lowest BCUT2D eigenvalue weighted by Gasteiger charge is -1.81. The van der Waals surface area contributed by atoms with E-state index < -0.39 is 0 Å². The molecular weight excluding hydrogens is 234 g/mol. The summed E-state index contributed by atoms with van der Waals surface area (Å²) in [6.07, 6.45) is 3.73. The summed E-state index contributed by atoms with van der Waals surface area (Å²) < 4.78 is 2.10. The molecule has 0 saturated heterocycles. The highest BCUT2D eigenvalue weighted by Gasteiger charge is 1.91. The van der Waals surface area contributed by atoms with Gasteiger partial charge in [-0.15, -0.1) is 0 Å². The fourth-order valence-corrected chi connectivity index (χ4v) is 1.48. The van der Waals surface area contributed by atoms with Gasteiger partial charge in [-0.1, -0.05) is 0 Å². The fourth-order valence-electron chi connectivity index (χ4n) is 0.416. The molecule has 0 spiro atoms.